The summed E-state index contributed by atoms with van der Waals surface area (Å²) in [6, 6.07) is 13.8. The summed E-state index contributed by atoms with van der Waals surface area (Å²) in [5.74, 6) is -1.32. The van der Waals surface area contributed by atoms with Gasteiger partial charge >= 0.3 is 5.97 Å². The lowest BCUT2D eigenvalue weighted by Crippen LogP contribution is -2.31. The lowest BCUT2D eigenvalue weighted by Gasteiger charge is -2.13. The van der Waals surface area contributed by atoms with Crippen molar-refractivity contribution in [3.63, 3.8) is 0 Å². The molecule has 24 heavy (non-hydrogen) atoms. The Kier molecular flexibility index (Phi) is 6.21. The SMILES string of the molecule is C[C@@H](CNC(=O)COC(=O)c1cc(Cl)ccc1O)c1ccccc1. The Morgan fingerprint density at radius 2 is 1.92 bits per heavy atom. The molecule has 126 valence electrons. The number of amides is 1. The van der Waals surface area contributed by atoms with E-state index in [9.17, 15) is 14.7 Å². The predicted molar refractivity (Wildman–Crippen MR) is 91.3 cm³/mol. The van der Waals surface area contributed by atoms with E-state index in [-0.39, 0.29) is 17.2 Å². The Morgan fingerprint density at radius 3 is 2.62 bits per heavy atom. The highest BCUT2D eigenvalue weighted by Crippen LogP contribution is 2.22. The molecule has 0 heterocycles. The number of ether oxygens (including phenoxy) is 1. The van der Waals surface area contributed by atoms with E-state index in [1.54, 1.807) is 0 Å². The molecule has 0 unspecified atom stereocenters. The number of aromatic hydroxyl groups is 1. The van der Waals surface area contributed by atoms with Crippen LogP contribution in [-0.2, 0) is 9.53 Å². The van der Waals surface area contributed by atoms with E-state index in [2.05, 4.69) is 5.32 Å². The smallest absolute Gasteiger partial charge is 0.342 e. The summed E-state index contributed by atoms with van der Waals surface area (Å²) in [6.07, 6.45) is 0. The van der Waals surface area contributed by atoms with E-state index in [1.165, 1.54) is 18.2 Å². The maximum atomic E-state index is 11.9. The van der Waals surface area contributed by atoms with Gasteiger partial charge in [0.1, 0.15) is 11.3 Å². The van der Waals surface area contributed by atoms with Gasteiger partial charge in [0.15, 0.2) is 6.61 Å². The summed E-state index contributed by atoms with van der Waals surface area (Å²) in [5, 5.41) is 12.6. The van der Waals surface area contributed by atoms with Crippen molar-refractivity contribution >= 4 is 23.5 Å². The first-order valence-corrected chi connectivity index (χ1v) is 7.82. The number of carbonyl (C=O) groups is 2. The monoisotopic (exact) mass is 347 g/mol. The minimum absolute atomic E-state index is 0.0760. The van der Waals surface area contributed by atoms with E-state index < -0.39 is 18.5 Å². The number of esters is 1. The molecule has 0 aromatic heterocycles. The largest absolute Gasteiger partial charge is 0.507 e. The molecule has 0 saturated heterocycles. The van der Waals surface area contributed by atoms with Crippen molar-refractivity contribution in [3.05, 3.63) is 64.7 Å². The normalized spacial score (nSPS) is 11.6. The Balaban J connectivity index is 1.81. The van der Waals surface area contributed by atoms with Crippen molar-refractivity contribution in [2.45, 2.75) is 12.8 Å². The Bertz CT molecular complexity index is 718. The fourth-order valence-electron chi connectivity index (χ4n) is 2.10. The number of benzene rings is 2. The van der Waals surface area contributed by atoms with E-state index >= 15 is 0 Å². The molecule has 6 heteroatoms. The van der Waals surface area contributed by atoms with Crippen LogP contribution in [-0.4, -0.2) is 30.1 Å². The molecular formula is C18H18ClNO4. The average Bonchev–Trinajstić information content (AvgIpc) is 2.60. The second-order valence-corrected chi connectivity index (χ2v) is 5.79. The molecule has 0 radical (unpaired) electrons. The topological polar surface area (TPSA) is 75.6 Å². The van der Waals surface area contributed by atoms with Gasteiger partial charge in [-0.2, -0.15) is 0 Å². The van der Waals surface area contributed by atoms with Crippen molar-refractivity contribution in [2.24, 2.45) is 0 Å². The first-order chi connectivity index (χ1) is 11.5. The summed E-state index contributed by atoms with van der Waals surface area (Å²) in [5.41, 5.74) is 1.03. The lowest BCUT2D eigenvalue weighted by molar-refractivity contribution is -0.124. The highest BCUT2D eigenvalue weighted by Gasteiger charge is 2.15. The number of rotatable bonds is 6. The van der Waals surface area contributed by atoms with Gasteiger partial charge < -0.3 is 15.2 Å². The van der Waals surface area contributed by atoms with Crippen LogP contribution >= 0.6 is 11.6 Å². The highest BCUT2D eigenvalue weighted by atomic mass is 35.5. The second-order valence-electron chi connectivity index (χ2n) is 5.35. The van der Waals surface area contributed by atoms with Crippen molar-refractivity contribution in [1.29, 1.82) is 0 Å². The quantitative estimate of drug-likeness (QED) is 0.787. The summed E-state index contributed by atoms with van der Waals surface area (Å²) in [7, 11) is 0. The number of phenolic OH excluding ortho intramolecular Hbond substituents is 1. The van der Waals surface area contributed by atoms with Gasteiger partial charge in [-0.1, -0.05) is 48.9 Å². The van der Waals surface area contributed by atoms with Crippen LogP contribution in [0.4, 0.5) is 0 Å². The van der Waals surface area contributed by atoms with Gasteiger partial charge in [0.25, 0.3) is 5.91 Å². The first-order valence-electron chi connectivity index (χ1n) is 7.44. The van der Waals surface area contributed by atoms with E-state index in [0.717, 1.165) is 5.56 Å². The van der Waals surface area contributed by atoms with Gasteiger partial charge in [0.2, 0.25) is 0 Å². The number of halogens is 1. The zero-order chi connectivity index (χ0) is 17.5. The third kappa shape index (κ3) is 4.99. The van der Waals surface area contributed by atoms with Crippen molar-refractivity contribution in [1.82, 2.24) is 5.32 Å². The maximum Gasteiger partial charge on any atom is 0.342 e. The number of hydrogen-bond donors (Lipinski definition) is 2. The van der Waals surface area contributed by atoms with E-state index in [0.29, 0.717) is 11.6 Å². The lowest BCUT2D eigenvalue weighted by atomic mass is 10.0. The van der Waals surface area contributed by atoms with Gasteiger partial charge in [-0.3, -0.25) is 4.79 Å². The highest BCUT2D eigenvalue weighted by molar-refractivity contribution is 6.31. The van der Waals surface area contributed by atoms with Crippen LogP contribution in [0.25, 0.3) is 0 Å². The molecule has 2 aromatic rings. The minimum atomic E-state index is -0.804. The summed E-state index contributed by atoms with van der Waals surface area (Å²) in [4.78, 5) is 23.7. The van der Waals surface area contributed by atoms with Crippen molar-refractivity contribution in [2.75, 3.05) is 13.2 Å². The standard InChI is InChI=1S/C18H18ClNO4/c1-12(13-5-3-2-4-6-13)10-20-17(22)11-24-18(23)15-9-14(19)7-8-16(15)21/h2-9,12,21H,10-11H2,1H3,(H,20,22)/t12-/m0/s1. The van der Waals surface area contributed by atoms with Gasteiger partial charge in [-0.15, -0.1) is 0 Å². The number of carbonyl (C=O) groups excluding carboxylic acids is 2. The zero-order valence-electron chi connectivity index (χ0n) is 13.2. The Hall–Kier alpha value is -2.53. The third-order valence-corrected chi connectivity index (χ3v) is 3.72. The van der Waals surface area contributed by atoms with Crippen LogP contribution in [0.1, 0.15) is 28.8 Å². The molecule has 1 amide bonds. The van der Waals surface area contributed by atoms with Crippen molar-refractivity contribution in [3.8, 4) is 5.75 Å². The van der Waals surface area contributed by atoms with Gasteiger partial charge in [-0.25, -0.2) is 4.79 Å². The summed E-state index contributed by atoms with van der Waals surface area (Å²) >= 11 is 5.77. The summed E-state index contributed by atoms with van der Waals surface area (Å²) in [6.45, 7) is 2.00. The molecule has 2 rings (SSSR count). The molecule has 2 aromatic carbocycles. The number of nitrogens with one attached hydrogen (secondary N) is 1. The molecule has 0 aliphatic rings. The van der Waals surface area contributed by atoms with Crippen LogP contribution in [0.3, 0.4) is 0 Å². The average molecular weight is 348 g/mol. The summed E-state index contributed by atoms with van der Waals surface area (Å²) < 4.78 is 4.89. The molecule has 1 atom stereocenters. The van der Waals surface area contributed by atoms with Crippen molar-refractivity contribution < 1.29 is 19.4 Å². The fourth-order valence-corrected chi connectivity index (χ4v) is 2.27. The van der Waals surface area contributed by atoms with Crippen LogP contribution in [0.5, 0.6) is 5.75 Å². The second kappa shape index (κ2) is 8.36. The van der Waals surface area contributed by atoms with Crippen LogP contribution in [0, 0.1) is 0 Å². The molecular weight excluding hydrogens is 330 g/mol. The molecule has 0 bridgehead atoms. The number of phenols is 1. The molecule has 0 aliphatic carbocycles. The molecule has 0 fully saturated rings. The molecule has 2 N–H and O–H groups in total. The van der Waals surface area contributed by atoms with E-state index in [4.69, 9.17) is 16.3 Å². The first kappa shape index (κ1) is 17.8. The van der Waals surface area contributed by atoms with Gasteiger partial charge in [0, 0.05) is 11.6 Å². The molecule has 0 saturated carbocycles. The molecule has 0 spiro atoms. The third-order valence-electron chi connectivity index (χ3n) is 3.49. The van der Waals surface area contributed by atoms with Crippen LogP contribution < -0.4 is 5.32 Å². The maximum absolute atomic E-state index is 11.9. The predicted octanol–water partition coefficient (Wildman–Crippen LogP) is 3.12. The van der Waals surface area contributed by atoms with Gasteiger partial charge in [-0.05, 0) is 29.7 Å². The fraction of sp³-hybridized carbons (Fsp3) is 0.222. The van der Waals surface area contributed by atoms with Gasteiger partial charge in [0.05, 0.1) is 0 Å². The van der Waals surface area contributed by atoms with E-state index in [1.807, 2.05) is 37.3 Å². The minimum Gasteiger partial charge on any atom is -0.507 e. The zero-order valence-corrected chi connectivity index (χ0v) is 13.9. The molecule has 0 aliphatic heterocycles. The van der Waals surface area contributed by atoms with Crippen LogP contribution in [0.15, 0.2) is 48.5 Å². The number of hydrogen-bond acceptors (Lipinski definition) is 4. The Morgan fingerprint density at radius 1 is 1.21 bits per heavy atom. The Labute approximate surface area is 145 Å². The van der Waals surface area contributed by atoms with Crippen LogP contribution in [0.2, 0.25) is 5.02 Å². The molecule has 5 nitrogen and oxygen atoms in total.